The van der Waals surface area contributed by atoms with E-state index in [9.17, 15) is 22.8 Å². The Kier molecular flexibility index (Phi) is 6.31. The molecule has 3 fully saturated rings. The average molecular weight is 506 g/mol. The number of alkyl halides is 3. The van der Waals surface area contributed by atoms with E-state index in [0.717, 1.165) is 37.9 Å². The second-order valence-electron chi connectivity index (χ2n) is 9.40. The fourth-order valence-corrected chi connectivity index (χ4v) is 5.25. The van der Waals surface area contributed by atoms with Gasteiger partial charge in [0.05, 0.1) is 12.2 Å². The van der Waals surface area contributed by atoms with E-state index in [1.54, 1.807) is 0 Å². The van der Waals surface area contributed by atoms with E-state index < -0.39 is 23.7 Å². The number of carbonyl (C=O) groups excluding carboxylic acids is 2. The summed E-state index contributed by atoms with van der Waals surface area (Å²) >= 11 is 0. The van der Waals surface area contributed by atoms with Crippen LogP contribution >= 0.6 is 0 Å². The summed E-state index contributed by atoms with van der Waals surface area (Å²) in [5.41, 5.74) is 4.76. The van der Waals surface area contributed by atoms with Crippen LogP contribution in [0.4, 0.5) is 24.9 Å². The molecule has 13 heteroatoms. The number of amides is 2. The molecule has 0 saturated carbocycles. The van der Waals surface area contributed by atoms with Crippen molar-refractivity contribution in [1.29, 1.82) is 0 Å². The second kappa shape index (κ2) is 9.43. The molecule has 0 radical (unpaired) electrons. The normalized spacial score (nSPS) is 25.5. The first-order chi connectivity index (χ1) is 17.2. The molecular formula is C23H26F3N7O3. The molecule has 4 atom stereocenters. The number of fused-ring (bicyclic) bond motifs is 2. The lowest BCUT2D eigenvalue weighted by Crippen LogP contribution is -2.45. The Morgan fingerprint density at radius 1 is 1.19 bits per heavy atom. The highest BCUT2D eigenvalue weighted by atomic mass is 19.4. The lowest BCUT2D eigenvalue weighted by Gasteiger charge is -2.39. The van der Waals surface area contributed by atoms with Crippen LogP contribution in [0.3, 0.4) is 0 Å². The summed E-state index contributed by atoms with van der Waals surface area (Å²) in [6.07, 6.45) is 0.309. The first-order valence-electron chi connectivity index (χ1n) is 11.8. The number of nitrogens with one attached hydrogen (secondary N) is 2. The molecule has 0 spiro atoms. The zero-order chi connectivity index (χ0) is 25.4. The maximum absolute atomic E-state index is 12.7. The number of pyridine rings is 1. The molecule has 3 saturated heterocycles. The zero-order valence-corrected chi connectivity index (χ0v) is 19.3. The van der Waals surface area contributed by atoms with Crippen LogP contribution in [0.2, 0.25) is 0 Å². The van der Waals surface area contributed by atoms with Gasteiger partial charge in [0.15, 0.2) is 0 Å². The molecule has 10 nitrogen and oxygen atoms in total. The number of nitrogens with two attached hydrogens (primary N) is 1. The number of halogens is 3. The SMILES string of the molecule is NC(=O)c1cc(N[C@H]2CCNC2=O)nc(N2[C@@H]3CC[C@H]2CC(COc2ccc(C(F)(F)F)cn2)C3)n1. The maximum atomic E-state index is 12.7. The van der Waals surface area contributed by atoms with E-state index in [0.29, 0.717) is 31.3 Å². The Morgan fingerprint density at radius 3 is 2.53 bits per heavy atom. The van der Waals surface area contributed by atoms with Gasteiger partial charge in [-0.1, -0.05) is 0 Å². The number of rotatable bonds is 7. The Labute approximate surface area is 204 Å². The molecule has 0 aromatic carbocycles. The summed E-state index contributed by atoms with van der Waals surface area (Å²) in [6.45, 7) is 0.907. The average Bonchev–Trinajstić information content (AvgIpc) is 3.36. The monoisotopic (exact) mass is 505 g/mol. The van der Waals surface area contributed by atoms with Crippen LogP contribution in [0.15, 0.2) is 24.4 Å². The van der Waals surface area contributed by atoms with E-state index in [-0.39, 0.29) is 35.5 Å². The Hall–Kier alpha value is -3.64. The molecule has 36 heavy (non-hydrogen) atoms. The molecule has 2 aromatic heterocycles. The van der Waals surface area contributed by atoms with Gasteiger partial charge in [0.1, 0.15) is 17.6 Å². The Bertz CT molecular complexity index is 1130. The van der Waals surface area contributed by atoms with E-state index >= 15 is 0 Å². The number of hydrogen-bond acceptors (Lipinski definition) is 8. The van der Waals surface area contributed by atoms with Crippen LogP contribution in [0.1, 0.15) is 48.2 Å². The van der Waals surface area contributed by atoms with Crippen molar-refractivity contribution in [2.75, 3.05) is 23.4 Å². The molecule has 2 amide bonds. The highest BCUT2D eigenvalue weighted by molar-refractivity contribution is 5.92. The number of aromatic nitrogens is 3. The third-order valence-electron chi connectivity index (χ3n) is 6.93. The van der Waals surface area contributed by atoms with Crippen molar-refractivity contribution < 1.29 is 27.5 Å². The van der Waals surface area contributed by atoms with Crippen molar-refractivity contribution in [3.05, 3.63) is 35.7 Å². The molecule has 192 valence electrons. The van der Waals surface area contributed by atoms with E-state index in [2.05, 4.69) is 30.5 Å². The largest absolute Gasteiger partial charge is 0.477 e. The lowest BCUT2D eigenvalue weighted by molar-refractivity contribution is -0.137. The van der Waals surface area contributed by atoms with Crippen molar-refractivity contribution in [2.24, 2.45) is 11.7 Å². The number of primary amides is 1. The number of hydrogen-bond donors (Lipinski definition) is 3. The number of piperidine rings is 1. The summed E-state index contributed by atoms with van der Waals surface area (Å²) in [6, 6.07) is 3.43. The third-order valence-corrected chi connectivity index (χ3v) is 6.93. The first kappa shape index (κ1) is 24.1. The molecule has 2 aromatic rings. The van der Waals surface area contributed by atoms with Gasteiger partial charge in [-0.15, -0.1) is 0 Å². The predicted octanol–water partition coefficient (Wildman–Crippen LogP) is 2.12. The molecule has 3 aliphatic rings. The van der Waals surface area contributed by atoms with Gasteiger partial charge in [0.2, 0.25) is 17.7 Å². The van der Waals surface area contributed by atoms with E-state index in [1.165, 1.54) is 12.1 Å². The molecule has 0 aliphatic carbocycles. The topological polar surface area (TPSA) is 135 Å². The van der Waals surface area contributed by atoms with Crippen LogP contribution in [0.25, 0.3) is 0 Å². The third kappa shape index (κ3) is 5.00. The minimum Gasteiger partial charge on any atom is -0.477 e. The predicted molar refractivity (Wildman–Crippen MR) is 122 cm³/mol. The summed E-state index contributed by atoms with van der Waals surface area (Å²) < 4.78 is 43.9. The highest BCUT2D eigenvalue weighted by Crippen LogP contribution is 2.41. The van der Waals surface area contributed by atoms with Gasteiger partial charge < -0.3 is 26.0 Å². The van der Waals surface area contributed by atoms with Gasteiger partial charge in [-0.2, -0.15) is 18.2 Å². The van der Waals surface area contributed by atoms with Crippen molar-refractivity contribution >= 4 is 23.6 Å². The van der Waals surface area contributed by atoms with Gasteiger partial charge >= 0.3 is 6.18 Å². The molecule has 4 N–H and O–H groups in total. The fraction of sp³-hybridized carbons (Fsp3) is 0.522. The zero-order valence-electron chi connectivity index (χ0n) is 19.3. The van der Waals surface area contributed by atoms with Gasteiger partial charge in [0, 0.05) is 37.0 Å². The summed E-state index contributed by atoms with van der Waals surface area (Å²) in [4.78, 5) is 38.8. The van der Waals surface area contributed by atoms with Gasteiger partial charge in [-0.05, 0) is 44.1 Å². The van der Waals surface area contributed by atoms with Crippen LogP contribution in [0, 0.1) is 5.92 Å². The van der Waals surface area contributed by atoms with Crippen LogP contribution < -0.4 is 26.0 Å². The first-order valence-corrected chi connectivity index (χ1v) is 11.8. The minimum absolute atomic E-state index is 0.0686. The minimum atomic E-state index is -4.44. The summed E-state index contributed by atoms with van der Waals surface area (Å²) in [5.74, 6) is 0.290. The van der Waals surface area contributed by atoms with Crippen LogP contribution in [0.5, 0.6) is 5.88 Å². The number of ether oxygens (including phenoxy) is 1. The maximum Gasteiger partial charge on any atom is 0.417 e. The highest BCUT2D eigenvalue weighted by Gasteiger charge is 2.42. The molecule has 2 bridgehead atoms. The molecule has 5 heterocycles. The Morgan fingerprint density at radius 2 is 1.94 bits per heavy atom. The molecule has 3 aliphatic heterocycles. The standard InChI is InChI=1S/C23H26F3N7O3/c24-23(25,26)13-1-4-19(29-10-13)36-11-12-7-14-2-3-15(8-12)33(14)22-31-17(20(27)34)9-18(32-22)30-16-5-6-28-21(16)35/h1,4,9-10,12,14-16H,2-3,5-8,11H2,(H2,27,34)(H,28,35)(H,30,31,32)/t12?,14-,15+,16-/m0/s1. The van der Waals surface area contributed by atoms with Gasteiger partial charge in [0.25, 0.3) is 5.91 Å². The number of anilines is 2. The molecule has 5 rings (SSSR count). The second-order valence-corrected chi connectivity index (χ2v) is 9.40. The van der Waals surface area contributed by atoms with E-state index in [4.69, 9.17) is 10.5 Å². The van der Waals surface area contributed by atoms with Crippen molar-refractivity contribution in [3.8, 4) is 5.88 Å². The van der Waals surface area contributed by atoms with Gasteiger partial charge in [-0.25, -0.2) is 9.97 Å². The quantitative estimate of drug-likeness (QED) is 0.521. The molecular weight excluding hydrogens is 479 g/mol. The smallest absolute Gasteiger partial charge is 0.417 e. The van der Waals surface area contributed by atoms with E-state index in [1.807, 2.05) is 0 Å². The Balaban J connectivity index is 1.26. The van der Waals surface area contributed by atoms with Crippen molar-refractivity contribution in [1.82, 2.24) is 20.3 Å². The van der Waals surface area contributed by atoms with Gasteiger partial charge in [-0.3, -0.25) is 9.59 Å². The summed E-state index contributed by atoms with van der Waals surface area (Å²) in [7, 11) is 0. The molecule has 1 unspecified atom stereocenters. The summed E-state index contributed by atoms with van der Waals surface area (Å²) in [5, 5.41) is 5.84. The van der Waals surface area contributed by atoms with Crippen LogP contribution in [-0.2, 0) is 11.0 Å². The fourth-order valence-electron chi connectivity index (χ4n) is 5.25. The van der Waals surface area contributed by atoms with Crippen LogP contribution in [-0.4, -0.2) is 58.0 Å². The lowest BCUT2D eigenvalue weighted by atomic mass is 9.91. The number of nitrogens with zero attached hydrogens (tertiary/aromatic N) is 4. The van der Waals surface area contributed by atoms with Crippen molar-refractivity contribution in [2.45, 2.75) is 56.4 Å². The number of carbonyl (C=O) groups is 2. The van der Waals surface area contributed by atoms with Crippen molar-refractivity contribution in [3.63, 3.8) is 0 Å².